The van der Waals surface area contributed by atoms with E-state index in [2.05, 4.69) is 47.4 Å². The van der Waals surface area contributed by atoms with E-state index in [1.807, 2.05) is 24.3 Å². The third-order valence-corrected chi connectivity index (χ3v) is 12.1. The minimum Gasteiger partial charge on any atom is -0.502 e. The molecule has 58 heavy (non-hydrogen) atoms. The second-order valence-electron chi connectivity index (χ2n) is 17.3. The van der Waals surface area contributed by atoms with Gasteiger partial charge < -0.3 is 52.1 Å². The van der Waals surface area contributed by atoms with Crippen LogP contribution in [0.25, 0.3) is 0 Å². The molecule has 0 amide bonds. The molecule has 330 valence electrons. The van der Waals surface area contributed by atoms with Crippen molar-refractivity contribution in [2.24, 2.45) is 28.1 Å². The van der Waals surface area contributed by atoms with Crippen LogP contribution in [0.4, 0.5) is 0 Å². The Balaban J connectivity index is 0.000000195. The molecule has 0 bridgehead atoms. The first-order valence-corrected chi connectivity index (χ1v) is 21.8. The predicted molar refractivity (Wildman–Crippen MR) is 226 cm³/mol. The first kappa shape index (κ1) is 48.0. The first-order chi connectivity index (χ1) is 28.2. The Kier molecular flexibility index (Phi) is 21.4. The van der Waals surface area contributed by atoms with Crippen LogP contribution < -0.4 is 9.47 Å². The molecule has 1 aromatic rings. The van der Waals surface area contributed by atoms with E-state index in [-0.39, 0.29) is 22.5 Å². The quantitative estimate of drug-likeness (QED) is 0.0737. The number of ether oxygens (including phenoxy) is 11. The van der Waals surface area contributed by atoms with Crippen molar-refractivity contribution in [3.05, 3.63) is 62.8 Å². The summed E-state index contributed by atoms with van der Waals surface area (Å²) < 4.78 is 60.6. The van der Waals surface area contributed by atoms with Gasteiger partial charge in [-0.15, -0.1) is 0 Å². The second kappa shape index (κ2) is 25.9. The molecule has 0 spiro atoms. The molecule has 2 aliphatic carbocycles. The molecule has 0 N–H and O–H groups in total. The van der Waals surface area contributed by atoms with Crippen molar-refractivity contribution in [2.75, 3.05) is 85.9 Å². The Morgan fingerprint density at radius 1 is 0.621 bits per heavy atom. The van der Waals surface area contributed by atoms with Crippen molar-refractivity contribution in [1.29, 1.82) is 0 Å². The van der Waals surface area contributed by atoms with Gasteiger partial charge in [0, 0.05) is 17.4 Å². The van der Waals surface area contributed by atoms with Crippen LogP contribution in [0.2, 0.25) is 0 Å². The van der Waals surface area contributed by atoms with Gasteiger partial charge in [-0.25, -0.2) is 0 Å². The van der Waals surface area contributed by atoms with Crippen LogP contribution in [0.5, 0.6) is 11.5 Å². The fraction of sp³-hybridized carbons (Fsp3) is 0.745. The van der Waals surface area contributed by atoms with Crippen molar-refractivity contribution in [2.45, 2.75) is 110 Å². The summed E-state index contributed by atoms with van der Waals surface area (Å²) in [6.07, 6.45) is 16.6. The monoisotopic (exact) mass is 817 g/mol. The van der Waals surface area contributed by atoms with E-state index in [0.29, 0.717) is 50.5 Å². The Labute approximate surface area is 350 Å². The Hall–Kier alpha value is -2.64. The highest BCUT2D eigenvalue weighted by molar-refractivity contribution is 5.31. The van der Waals surface area contributed by atoms with Crippen LogP contribution in [0.15, 0.2) is 62.8 Å². The van der Waals surface area contributed by atoms with E-state index < -0.39 is 0 Å². The van der Waals surface area contributed by atoms with Crippen molar-refractivity contribution in [1.82, 2.24) is 0 Å². The van der Waals surface area contributed by atoms with E-state index in [4.69, 9.17) is 52.1 Å². The molecule has 6 rings (SSSR count). The normalized spacial score (nSPS) is 26.2. The van der Waals surface area contributed by atoms with Gasteiger partial charge in [0.05, 0.1) is 116 Å². The Morgan fingerprint density at radius 2 is 1.16 bits per heavy atom. The highest BCUT2D eigenvalue weighted by Gasteiger charge is 2.42. The van der Waals surface area contributed by atoms with Crippen molar-refractivity contribution in [3.8, 4) is 11.5 Å². The molecule has 1 atom stereocenters. The maximum atomic E-state index is 5.87. The van der Waals surface area contributed by atoms with Crippen LogP contribution in [-0.4, -0.2) is 104 Å². The lowest BCUT2D eigenvalue weighted by Gasteiger charge is -2.43. The third-order valence-electron chi connectivity index (χ3n) is 12.1. The van der Waals surface area contributed by atoms with E-state index in [1.165, 1.54) is 31.9 Å². The molecule has 1 unspecified atom stereocenters. The standard InChI is InChI=1S/C18H32O4.C16H28O4.C13H16O3/c1-3-18(14-22-15-18)13-21-10-9-20-12-17-7-5-16(6-8-17)11-19-4-2;1-3-16(12-18-13-16)11-17-9-10-20-15-7-5-14(6-8-15)19-4-2;1-4-14-10-5-7-11(8-6-10)16-12-13(2,3)9-15-12/h4,16-17H,2-3,5-15H2,1H3;4,14-15H,2-3,5-13H2,1H3;4-8,12H,1,9H2,2-3H3. The smallest absolute Gasteiger partial charge is 0.207 e. The summed E-state index contributed by atoms with van der Waals surface area (Å²) in [6, 6.07) is 7.39. The summed E-state index contributed by atoms with van der Waals surface area (Å²) in [7, 11) is 0. The molecular weight excluding hydrogens is 741 g/mol. The molecule has 3 saturated heterocycles. The van der Waals surface area contributed by atoms with E-state index in [1.54, 1.807) is 12.5 Å². The molecule has 0 radical (unpaired) electrons. The van der Waals surface area contributed by atoms with Gasteiger partial charge in [-0.1, -0.05) is 47.4 Å². The van der Waals surface area contributed by atoms with E-state index in [0.717, 1.165) is 109 Å². The number of hydrogen-bond donors (Lipinski definition) is 0. The first-order valence-electron chi connectivity index (χ1n) is 21.8. The molecular formula is C47H76O11. The van der Waals surface area contributed by atoms with E-state index in [9.17, 15) is 0 Å². The van der Waals surface area contributed by atoms with Crippen LogP contribution >= 0.6 is 0 Å². The van der Waals surface area contributed by atoms with Gasteiger partial charge in [0.15, 0.2) is 0 Å². The zero-order valence-electron chi connectivity index (χ0n) is 36.3. The SMILES string of the molecule is C=COC1CCC(OCCOCC2(CC)COC2)CC1.C=COCC1CCC(COCCOCC2(CC)COC2)CC1.C=COc1ccc(OC2OCC2(C)C)cc1. The van der Waals surface area contributed by atoms with Gasteiger partial charge in [0.25, 0.3) is 0 Å². The van der Waals surface area contributed by atoms with Crippen molar-refractivity contribution in [3.63, 3.8) is 0 Å². The highest BCUT2D eigenvalue weighted by atomic mass is 16.7. The molecule has 3 heterocycles. The van der Waals surface area contributed by atoms with Gasteiger partial charge in [-0.2, -0.15) is 0 Å². The van der Waals surface area contributed by atoms with Gasteiger partial charge in [-0.3, -0.25) is 0 Å². The van der Waals surface area contributed by atoms with Gasteiger partial charge in [-0.05, 0) is 100 Å². The predicted octanol–water partition coefficient (Wildman–Crippen LogP) is 9.30. The number of hydrogen-bond acceptors (Lipinski definition) is 11. The molecule has 11 heteroatoms. The van der Waals surface area contributed by atoms with Gasteiger partial charge >= 0.3 is 0 Å². The number of benzene rings is 1. The maximum Gasteiger partial charge on any atom is 0.207 e. The van der Waals surface area contributed by atoms with Crippen LogP contribution in [0.1, 0.15) is 91.9 Å². The van der Waals surface area contributed by atoms with Gasteiger partial charge in [0.2, 0.25) is 6.29 Å². The largest absolute Gasteiger partial charge is 0.502 e. The molecule has 2 saturated carbocycles. The summed E-state index contributed by atoms with van der Waals surface area (Å²) >= 11 is 0. The second-order valence-corrected chi connectivity index (χ2v) is 17.3. The molecule has 5 aliphatic rings. The summed E-state index contributed by atoms with van der Waals surface area (Å²) in [6.45, 7) is 29.6. The average Bonchev–Trinajstić information content (AvgIpc) is 3.21. The fourth-order valence-corrected chi connectivity index (χ4v) is 7.51. The highest BCUT2D eigenvalue weighted by Crippen LogP contribution is 2.36. The minimum atomic E-state index is -0.154. The van der Waals surface area contributed by atoms with E-state index >= 15 is 0 Å². The molecule has 5 fully saturated rings. The van der Waals surface area contributed by atoms with Crippen LogP contribution in [0, 0.1) is 28.1 Å². The minimum absolute atomic E-state index is 0.0935. The average molecular weight is 817 g/mol. The Morgan fingerprint density at radius 3 is 1.62 bits per heavy atom. The zero-order valence-corrected chi connectivity index (χ0v) is 36.3. The van der Waals surface area contributed by atoms with Crippen LogP contribution in [0.3, 0.4) is 0 Å². The lowest BCUT2D eigenvalue weighted by atomic mass is 9.83. The number of rotatable bonds is 24. The lowest BCUT2D eigenvalue weighted by Crippen LogP contribution is -2.51. The van der Waals surface area contributed by atoms with Gasteiger partial charge in [0.1, 0.15) is 11.5 Å². The third kappa shape index (κ3) is 16.4. The molecule has 1 aromatic carbocycles. The Bertz CT molecular complexity index is 1250. The summed E-state index contributed by atoms with van der Waals surface area (Å²) in [5.74, 6) is 2.94. The lowest BCUT2D eigenvalue weighted by molar-refractivity contribution is -0.259. The summed E-state index contributed by atoms with van der Waals surface area (Å²) in [5.41, 5.74) is 0.655. The van der Waals surface area contributed by atoms with Crippen molar-refractivity contribution < 1.29 is 52.1 Å². The summed E-state index contributed by atoms with van der Waals surface area (Å²) in [4.78, 5) is 0. The molecule has 3 aliphatic heterocycles. The summed E-state index contributed by atoms with van der Waals surface area (Å²) in [5, 5.41) is 0. The topological polar surface area (TPSA) is 102 Å². The molecule has 0 aromatic heterocycles. The zero-order chi connectivity index (χ0) is 41.5. The molecule has 11 nitrogen and oxygen atoms in total. The van der Waals surface area contributed by atoms with Crippen molar-refractivity contribution >= 4 is 0 Å². The fourth-order valence-electron chi connectivity index (χ4n) is 7.51. The maximum absolute atomic E-state index is 5.87. The van der Waals surface area contributed by atoms with Crippen LogP contribution in [-0.2, 0) is 42.6 Å².